The molecule has 0 aliphatic heterocycles. The summed E-state index contributed by atoms with van der Waals surface area (Å²) in [7, 11) is 0. The normalized spacial score (nSPS) is 10.2. The number of hydrogen-bond donors (Lipinski definition) is 1. The number of ether oxygens (including phenoxy) is 1. The zero-order chi connectivity index (χ0) is 21.3. The topological polar surface area (TPSA) is 63.6 Å². The van der Waals surface area contributed by atoms with E-state index >= 15 is 0 Å². The van der Waals surface area contributed by atoms with E-state index in [4.69, 9.17) is 9.84 Å². The molecular formula is C24H48O4. The second-order valence-electron chi connectivity index (χ2n) is 7.79. The summed E-state index contributed by atoms with van der Waals surface area (Å²) < 4.78 is 4.75. The van der Waals surface area contributed by atoms with Crippen molar-refractivity contribution in [1.82, 2.24) is 0 Å². The molecule has 0 rings (SSSR count). The quantitative estimate of drug-likeness (QED) is 0.178. The van der Waals surface area contributed by atoms with Crippen LogP contribution in [0.3, 0.4) is 0 Å². The number of hydrogen-bond acceptors (Lipinski definition) is 3. The van der Waals surface area contributed by atoms with Crippen molar-refractivity contribution in [3.05, 3.63) is 0 Å². The van der Waals surface area contributed by atoms with Crippen LogP contribution in [0.1, 0.15) is 136 Å². The second kappa shape index (κ2) is 25.9. The molecule has 28 heavy (non-hydrogen) atoms. The average molecular weight is 401 g/mol. The van der Waals surface area contributed by atoms with E-state index in [1.165, 1.54) is 96.8 Å². The third-order valence-corrected chi connectivity index (χ3v) is 4.80. The molecule has 0 unspecified atom stereocenters. The summed E-state index contributed by atoms with van der Waals surface area (Å²) in [4.78, 5) is 20.6. The van der Waals surface area contributed by atoms with Crippen LogP contribution in [0.15, 0.2) is 0 Å². The van der Waals surface area contributed by atoms with Gasteiger partial charge in [-0.15, -0.1) is 0 Å². The first-order chi connectivity index (χ1) is 13.5. The first-order valence-electron chi connectivity index (χ1n) is 11.9. The van der Waals surface area contributed by atoms with E-state index in [-0.39, 0.29) is 5.97 Å². The summed E-state index contributed by atoms with van der Waals surface area (Å²) in [6, 6.07) is 0. The van der Waals surface area contributed by atoms with E-state index in [1.807, 2.05) is 0 Å². The number of carboxylic acids is 1. The summed E-state index contributed by atoms with van der Waals surface area (Å²) in [5, 5.41) is 8.49. The molecule has 0 spiro atoms. The van der Waals surface area contributed by atoms with Gasteiger partial charge in [-0.05, 0) is 12.8 Å². The Balaban J connectivity index is 0. The van der Waals surface area contributed by atoms with Gasteiger partial charge >= 0.3 is 11.9 Å². The molecule has 0 fully saturated rings. The van der Waals surface area contributed by atoms with Gasteiger partial charge in [0.15, 0.2) is 0 Å². The molecule has 0 amide bonds. The summed E-state index contributed by atoms with van der Waals surface area (Å²) >= 11 is 0. The largest absolute Gasteiger partial charge is 0.481 e. The summed E-state index contributed by atoms with van der Waals surface area (Å²) in [5.74, 6) is -0.824. The van der Waals surface area contributed by atoms with Crippen molar-refractivity contribution >= 4 is 11.9 Å². The maximum Gasteiger partial charge on any atom is 0.303 e. The Morgan fingerprint density at radius 1 is 0.607 bits per heavy atom. The van der Waals surface area contributed by atoms with Crippen molar-refractivity contribution in [3.8, 4) is 0 Å². The van der Waals surface area contributed by atoms with Crippen molar-refractivity contribution in [2.45, 2.75) is 136 Å². The van der Waals surface area contributed by atoms with Gasteiger partial charge in [0.2, 0.25) is 0 Å². The van der Waals surface area contributed by atoms with E-state index in [0.717, 1.165) is 19.3 Å². The van der Waals surface area contributed by atoms with Crippen LogP contribution in [0.5, 0.6) is 0 Å². The van der Waals surface area contributed by atoms with Gasteiger partial charge in [0.05, 0.1) is 6.61 Å². The molecule has 0 aromatic heterocycles. The van der Waals surface area contributed by atoms with Crippen molar-refractivity contribution in [1.29, 1.82) is 0 Å². The molecule has 0 atom stereocenters. The predicted octanol–water partition coefficient (Wildman–Crippen LogP) is 7.68. The second-order valence-corrected chi connectivity index (χ2v) is 7.79. The first-order valence-corrected chi connectivity index (χ1v) is 11.9. The highest BCUT2D eigenvalue weighted by molar-refractivity contribution is 5.66. The maximum atomic E-state index is 10.3. The summed E-state index contributed by atoms with van der Waals surface area (Å²) in [6.45, 7) is 6.46. The first kappa shape index (κ1) is 29.1. The lowest BCUT2D eigenvalue weighted by Crippen LogP contribution is -1.99. The molecule has 0 saturated heterocycles. The Morgan fingerprint density at radius 2 is 0.964 bits per heavy atom. The Hall–Kier alpha value is -1.06. The Bertz CT molecular complexity index is 329. The number of aliphatic carboxylic acids is 1. The van der Waals surface area contributed by atoms with Gasteiger partial charge in [-0.25, -0.2) is 0 Å². The monoisotopic (exact) mass is 400 g/mol. The molecule has 0 saturated carbocycles. The number of esters is 1. The highest BCUT2D eigenvalue weighted by atomic mass is 16.5. The maximum absolute atomic E-state index is 10.3. The molecule has 0 aliphatic rings. The van der Waals surface area contributed by atoms with Crippen LogP contribution in [-0.2, 0) is 14.3 Å². The van der Waals surface area contributed by atoms with Crippen LogP contribution in [0.2, 0.25) is 0 Å². The molecule has 168 valence electrons. The lowest BCUT2D eigenvalue weighted by Gasteiger charge is -2.02. The zero-order valence-corrected chi connectivity index (χ0v) is 19.1. The van der Waals surface area contributed by atoms with Gasteiger partial charge in [0, 0.05) is 13.3 Å². The van der Waals surface area contributed by atoms with E-state index < -0.39 is 5.97 Å². The molecule has 0 radical (unpaired) electrons. The number of carboxylic acid groups (broad SMARTS) is 1. The minimum atomic E-state index is -0.655. The van der Waals surface area contributed by atoms with Crippen molar-refractivity contribution in [2.24, 2.45) is 0 Å². The van der Waals surface area contributed by atoms with E-state index in [9.17, 15) is 9.59 Å². The van der Waals surface area contributed by atoms with Gasteiger partial charge in [-0.2, -0.15) is 0 Å². The van der Waals surface area contributed by atoms with Gasteiger partial charge in [0.1, 0.15) is 0 Å². The van der Waals surface area contributed by atoms with Crippen molar-refractivity contribution in [2.75, 3.05) is 6.61 Å². The van der Waals surface area contributed by atoms with Crippen LogP contribution in [0.4, 0.5) is 0 Å². The molecule has 0 bridgehead atoms. The van der Waals surface area contributed by atoms with Crippen LogP contribution < -0.4 is 0 Å². The van der Waals surface area contributed by atoms with Gasteiger partial charge in [0.25, 0.3) is 0 Å². The molecule has 0 aliphatic carbocycles. The number of carbonyl (C=O) groups is 2. The predicted molar refractivity (Wildman–Crippen MR) is 119 cm³/mol. The smallest absolute Gasteiger partial charge is 0.303 e. The average Bonchev–Trinajstić information content (AvgIpc) is 2.65. The fraction of sp³-hybridized carbons (Fsp3) is 0.917. The van der Waals surface area contributed by atoms with E-state index in [0.29, 0.717) is 13.0 Å². The lowest BCUT2D eigenvalue weighted by molar-refractivity contribution is -0.141. The highest BCUT2D eigenvalue weighted by Gasteiger charge is 1.97. The molecule has 1 N–H and O–H groups in total. The van der Waals surface area contributed by atoms with E-state index in [2.05, 4.69) is 13.8 Å². The van der Waals surface area contributed by atoms with Gasteiger partial charge in [-0.3, -0.25) is 9.59 Å². The third-order valence-electron chi connectivity index (χ3n) is 4.80. The number of rotatable bonds is 19. The fourth-order valence-electron chi connectivity index (χ4n) is 3.04. The van der Waals surface area contributed by atoms with Crippen LogP contribution in [0.25, 0.3) is 0 Å². The van der Waals surface area contributed by atoms with Crippen LogP contribution in [0, 0.1) is 0 Å². The SMILES string of the molecule is CCCCCCCCCCCCCCCC(=O)O.CCCCCCOC(C)=O. The van der Waals surface area contributed by atoms with E-state index in [1.54, 1.807) is 0 Å². The molecule has 0 aromatic rings. The number of unbranched alkanes of at least 4 members (excludes halogenated alkanes) is 15. The molecule has 4 heteroatoms. The van der Waals surface area contributed by atoms with Crippen molar-refractivity contribution in [3.63, 3.8) is 0 Å². The number of carbonyl (C=O) groups excluding carboxylic acids is 1. The summed E-state index contributed by atoms with van der Waals surface area (Å²) in [5.41, 5.74) is 0. The lowest BCUT2D eigenvalue weighted by atomic mass is 10.0. The minimum absolute atomic E-state index is 0.170. The van der Waals surface area contributed by atoms with Crippen LogP contribution in [-0.4, -0.2) is 23.7 Å². The standard InChI is InChI=1S/C16H32O2.C8H16O2/c1-2-3-4-5-6-7-8-9-10-11-12-13-14-15-16(17)18;1-3-4-5-6-7-10-8(2)9/h2-15H2,1H3,(H,17,18);3-7H2,1-2H3. The molecule has 4 nitrogen and oxygen atoms in total. The zero-order valence-electron chi connectivity index (χ0n) is 19.1. The van der Waals surface area contributed by atoms with Crippen LogP contribution >= 0.6 is 0 Å². The Morgan fingerprint density at radius 3 is 1.32 bits per heavy atom. The van der Waals surface area contributed by atoms with Crippen molar-refractivity contribution < 1.29 is 19.4 Å². The third kappa shape index (κ3) is 32.6. The molecule has 0 heterocycles. The molecular weight excluding hydrogens is 352 g/mol. The van der Waals surface area contributed by atoms with Gasteiger partial charge in [-0.1, -0.05) is 110 Å². The Labute approximate surface area is 174 Å². The minimum Gasteiger partial charge on any atom is -0.481 e. The van der Waals surface area contributed by atoms with Gasteiger partial charge < -0.3 is 9.84 Å². The fourth-order valence-corrected chi connectivity index (χ4v) is 3.04. The summed E-state index contributed by atoms with van der Waals surface area (Å²) in [6.07, 6.45) is 21.9. The Kier molecular flexibility index (Phi) is 27.0. The highest BCUT2D eigenvalue weighted by Crippen LogP contribution is 2.12. The molecule has 0 aromatic carbocycles.